The van der Waals surface area contributed by atoms with Crippen LogP contribution in [0.5, 0.6) is 0 Å². The predicted molar refractivity (Wildman–Crippen MR) is 119 cm³/mol. The van der Waals surface area contributed by atoms with E-state index in [-0.39, 0.29) is 41.3 Å². The number of ether oxygens (including phenoxy) is 1. The van der Waals surface area contributed by atoms with Crippen molar-refractivity contribution in [2.45, 2.75) is 6.42 Å². The molecule has 2 amide bonds. The molecular formula is C27H23NO5. The van der Waals surface area contributed by atoms with Crippen LogP contribution in [0.4, 0.5) is 0 Å². The van der Waals surface area contributed by atoms with Crippen molar-refractivity contribution in [2.75, 3.05) is 13.2 Å². The lowest BCUT2D eigenvalue weighted by molar-refractivity contribution is -0.152. The molecule has 2 aromatic carbocycles. The molecule has 0 spiro atoms. The van der Waals surface area contributed by atoms with Gasteiger partial charge in [0.1, 0.15) is 6.54 Å². The Hall–Kier alpha value is -3.54. The number of carbonyl (C=O) groups excluding carboxylic acids is 4. The summed E-state index contributed by atoms with van der Waals surface area (Å²) < 4.78 is 5.13. The van der Waals surface area contributed by atoms with Crippen molar-refractivity contribution in [2.24, 2.45) is 35.5 Å². The smallest absolute Gasteiger partial charge is 0.326 e. The second-order valence-electron chi connectivity index (χ2n) is 9.44. The van der Waals surface area contributed by atoms with Gasteiger partial charge in [-0.3, -0.25) is 24.1 Å². The number of amides is 2. The first-order chi connectivity index (χ1) is 16.0. The first kappa shape index (κ1) is 20.1. The summed E-state index contributed by atoms with van der Waals surface area (Å²) in [6, 6.07) is 16.9. The van der Waals surface area contributed by atoms with Crippen LogP contribution in [0.1, 0.15) is 16.8 Å². The van der Waals surface area contributed by atoms with Gasteiger partial charge in [0.2, 0.25) is 11.8 Å². The van der Waals surface area contributed by atoms with Crippen molar-refractivity contribution in [3.63, 3.8) is 0 Å². The molecule has 166 valence electrons. The highest BCUT2D eigenvalue weighted by molar-refractivity contribution is 6.08. The molecule has 1 aliphatic heterocycles. The normalized spacial score (nSPS) is 30.7. The SMILES string of the molecule is O=C(CN1C(=O)[C@@H]2[C@H]3C=C[C@@H]([C@@H]4C[C@H]34)[C@H]2C1=O)OCC(=O)c1ccc(-c2ccccc2)cc1. The topological polar surface area (TPSA) is 80.8 Å². The maximum Gasteiger partial charge on any atom is 0.326 e. The maximum atomic E-state index is 12.9. The number of imide groups is 1. The van der Waals surface area contributed by atoms with E-state index in [9.17, 15) is 19.2 Å². The molecule has 1 saturated heterocycles. The van der Waals surface area contributed by atoms with Crippen LogP contribution in [0, 0.1) is 35.5 Å². The van der Waals surface area contributed by atoms with Crippen LogP contribution in [0.2, 0.25) is 0 Å². The number of esters is 1. The number of hydrogen-bond acceptors (Lipinski definition) is 5. The summed E-state index contributed by atoms with van der Waals surface area (Å²) in [5, 5.41) is 0. The Kier molecular flexibility index (Phi) is 4.57. The van der Waals surface area contributed by atoms with Gasteiger partial charge in [0.15, 0.2) is 12.4 Å². The zero-order valence-electron chi connectivity index (χ0n) is 17.9. The quantitative estimate of drug-likeness (QED) is 0.298. The average molecular weight is 441 g/mol. The highest BCUT2D eigenvalue weighted by Gasteiger charge is 2.67. The Balaban J connectivity index is 1.06. The van der Waals surface area contributed by atoms with Gasteiger partial charge in [0.25, 0.3) is 0 Å². The van der Waals surface area contributed by atoms with Crippen LogP contribution in [0.25, 0.3) is 11.1 Å². The summed E-state index contributed by atoms with van der Waals surface area (Å²) in [5.41, 5.74) is 2.46. The van der Waals surface area contributed by atoms with Crippen LogP contribution in [0.15, 0.2) is 66.7 Å². The minimum Gasteiger partial charge on any atom is -0.456 e. The van der Waals surface area contributed by atoms with Crippen molar-refractivity contribution in [3.8, 4) is 11.1 Å². The van der Waals surface area contributed by atoms with E-state index in [2.05, 4.69) is 12.2 Å². The standard InChI is InChI=1S/C27H23NO5/c29-22(17-8-6-16(7-9-17)15-4-2-1-3-5-15)14-33-23(30)13-28-26(31)24-18-10-11-19(21-12-20(18)21)25(24)27(28)32/h1-11,18-21,24-25H,12-14H2/t18-,19-,20-,21+,24+,25+/m0/s1. The molecule has 33 heavy (non-hydrogen) atoms. The van der Waals surface area contributed by atoms with E-state index < -0.39 is 19.1 Å². The molecule has 1 heterocycles. The Morgan fingerprint density at radius 1 is 0.818 bits per heavy atom. The summed E-state index contributed by atoms with van der Waals surface area (Å²) in [4.78, 5) is 51.8. The highest BCUT2D eigenvalue weighted by atomic mass is 16.5. The van der Waals surface area contributed by atoms with E-state index >= 15 is 0 Å². The second kappa shape index (κ2) is 7.51. The molecule has 0 radical (unpaired) electrons. The summed E-state index contributed by atoms with van der Waals surface area (Å²) in [6.45, 7) is -0.858. The van der Waals surface area contributed by atoms with E-state index in [0.29, 0.717) is 17.4 Å². The molecule has 6 atom stereocenters. The number of hydrogen-bond donors (Lipinski definition) is 0. The van der Waals surface area contributed by atoms with Crippen molar-refractivity contribution >= 4 is 23.6 Å². The zero-order chi connectivity index (χ0) is 22.7. The molecule has 7 rings (SSSR count). The minimum absolute atomic E-state index is 0.114. The molecule has 2 saturated carbocycles. The lowest BCUT2D eigenvalue weighted by Crippen LogP contribution is -2.40. The third-order valence-corrected chi connectivity index (χ3v) is 7.72. The molecule has 2 aromatic rings. The van der Waals surface area contributed by atoms with Gasteiger partial charge in [-0.05, 0) is 41.2 Å². The summed E-state index contributed by atoms with van der Waals surface area (Å²) >= 11 is 0. The van der Waals surface area contributed by atoms with Crippen LogP contribution in [-0.4, -0.2) is 41.6 Å². The Morgan fingerprint density at radius 3 is 2.00 bits per heavy atom. The molecule has 2 bridgehead atoms. The number of ketones is 1. The van der Waals surface area contributed by atoms with Crippen molar-refractivity contribution in [1.82, 2.24) is 4.90 Å². The minimum atomic E-state index is -0.741. The van der Waals surface area contributed by atoms with Gasteiger partial charge in [-0.2, -0.15) is 0 Å². The van der Waals surface area contributed by atoms with E-state index in [1.807, 2.05) is 42.5 Å². The third kappa shape index (κ3) is 3.24. The Morgan fingerprint density at radius 2 is 1.39 bits per heavy atom. The van der Waals surface area contributed by atoms with Crippen molar-refractivity contribution in [3.05, 3.63) is 72.3 Å². The molecule has 4 aliphatic carbocycles. The lowest BCUT2D eigenvalue weighted by atomic mass is 9.63. The number of Topliss-reactive ketones (excluding diaryl/α,β-unsaturated/α-hetero) is 1. The van der Waals surface area contributed by atoms with E-state index in [4.69, 9.17) is 4.74 Å². The number of allylic oxidation sites excluding steroid dienone is 2. The summed E-state index contributed by atoms with van der Waals surface area (Å²) in [5.74, 6) is -1.04. The first-order valence-corrected chi connectivity index (χ1v) is 11.4. The number of nitrogens with zero attached hydrogens (tertiary/aromatic N) is 1. The Labute approximate surface area is 191 Å². The number of likely N-dealkylation sites (tertiary alicyclic amines) is 1. The van der Waals surface area contributed by atoms with Gasteiger partial charge in [-0.25, -0.2) is 0 Å². The molecule has 5 aliphatic rings. The monoisotopic (exact) mass is 441 g/mol. The predicted octanol–water partition coefficient (Wildman–Crippen LogP) is 3.13. The Bertz CT molecular complexity index is 1150. The van der Waals surface area contributed by atoms with Gasteiger partial charge >= 0.3 is 5.97 Å². The van der Waals surface area contributed by atoms with Gasteiger partial charge in [0.05, 0.1) is 11.8 Å². The maximum absolute atomic E-state index is 12.9. The molecule has 3 fully saturated rings. The van der Waals surface area contributed by atoms with Crippen LogP contribution in [-0.2, 0) is 19.1 Å². The van der Waals surface area contributed by atoms with Crippen LogP contribution in [0.3, 0.4) is 0 Å². The highest BCUT2D eigenvalue weighted by Crippen LogP contribution is 2.65. The summed E-state index contributed by atoms with van der Waals surface area (Å²) in [7, 11) is 0. The summed E-state index contributed by atoms with van der Waals surface area (Å²) in [6.07, 6.45) is 5.27. The van der Waals surface area contributed by atoms with E-state index in [1.54, 1.807) is 12.1 Å². The van der Waals surface area contributed by atoms with Crippen LogP contribution < -0.4 is 0 Å². The number of benzene rings is 2. The van der Waals surface area contributed by atoms with Crippen molar-refractivity contribution < 1.29 is 23.9 Å². The first-order valence-electron chi connectivity index (χ1n) is 11.4. The zero-order valence-corrected chi connectivity index (χ0v) is 17.9. The molecular weight excluding hydrogens is 418 g/mol. The number of rotatable bonds is 6. The van der Waals surface area contributed by atoms with E-state index in [1.165, 1.54) is 0 Å². The van der Waals surface area contributed by atoms with E-state index in [0.717, 1.165) is 22.4 Å². The molecule has 6 heteroatoms. The van der Waals surface area contributed by atoms with Crippen molar-refractivity contribution in [1.29, 1.82) is 0 Å². The fraction of sp³-hybridized carbons (Fsp3) is 0.333. The number of carbonyl (C=O) groups is 4. The largest absolute Gasteiger partial charge is 0.456 e. The fourth-order valence-electron chi connectivity index (χ4n) is 6.06. The molecule has 0 unspecified atom stereocenters. The van der Waals surface area contributed by atoms with Gasteiger partial charge in [-0.1, -0.05) is 66.7 Å². The fourth-order valence-corrected chi connectivity index (χ4v) is 6.06. The van der Waals surface area contributed by atoms with Gasteiger partial charge < -0.3 is 4.74 Å². The second-order valence-corrected chi connectivity index (χ2v) is 9.44. The third-order valence-electron chi connectivity index (χ3n) is 7.72. The molecule has 0 N–H and O–H groups in total. The lowest BCUT2D eigenvalue weighted by Gasteiger charge is -2.37. The van der Waals surface area contributed by atoms with Crippen LogP contribution >= 0.6 is 0 Å². The average Bonchev–Trinajstić information content (AvgIpc) is 3.64. The molecule has 0 aromatic heterocycles. The van der Waals surface area contributed by atoms with Gasteiger partial charge in [0, 0.05) is 5.56 Å². The van der Waals surface area contributed by atoms with Gasteiger partial charge in [-0.15, -0.1) is 0 Å². The molecule has 6 nitrogen and oxygen atoms in total.